The van der Waals surface area contributed by atoms with Crippen molar-refractivity contribution in [3.63, 3.8) is 0 Å². The highest BCUT2D eigenvalue weighted by Gasteiger charge is 2.41. The second kappa shape index (κ2) is 13.1. The van der Waals surface area contributed by atoms with Gasteiger partial charge in [0.05, 0.1) is 18.1 Å². The summed E-state index contributed by atoms with van der Waals surface area (Å²) in [6, 6.07) is 3.68. The number of carbonyl (C=O) groups excluding carboxylic acids is 4. The molecule has 0 aliphatic carbocycles. The zero-order chi connectivity index (χ0) is 28.7. The Hall–Kier alpha value is -4.06. The van der Waals surface area contributed by atoms with Crippen LogP contribution in [0.5, 0.6) is 5.75 Å². The number of aliphatic hydroxyl groups excluding tert-OH is 1. The molecule has 1 aliphatic rings. The van der Waals surface area contributed by atoms with E-state index in [4.69, 9.17) is 9.47 Å². The first-order valence-electron chi connectivity index (χ1n) is 12.8. The van der Waals surface area contributed by atoms with Gasteiger partial charge in [0, 0.05) is 24.5 Å². The van der Waals surface area contributed by atoms with E-state index >= 15 is 0 Å². The number of amides is 2. The van der Waals surface area contributed by atoms with E-state index in [0.717, 1.165) is 0 Å². The monoisotopic (exact) mass is 542 g/mol. The molecule has 1 fully saturated rings. The normalized spacial score (nSPS) is 27.2. The molecule has 3 heterocycles. The van der Waals surface area contributed by atoms with E-state index < -0.39 is 71.7 Å². The molecule has 0 bridgehead atoms. The van der Waals surface area contributed by atoms with E-state index in [0.29, 0.717) is 12.0 Å². The number of carbonyl (C=O) groups is 4. The highest BCUT2D eigenvalue weighted by Crippen LogP contribution is 2.22. The maximum atomic E-state index is 13.6. The maximum absolute atomic E-state index is 13.6. The summed E-state index contributed by atoms with van der Waals surface area (Å²) < 4.78 is 11.0. The number of esters is 2. The summed E-state index contributed by atoms with van der Waals surface area (Å²) in [6.07, 6.45) is 1.06. The Labute approximate surface area is 226 Å². The predicted octanol–water partition coefficient (Wildman–Crippen LogP) is 0.908. The molecule has 1 saturated heterocycles. The third kappa shape index (κ3) is 7.29. The summed E-state index contributed by atoms with van der Waals surface area (Å²) in [6.45, 7) is 6.35. The van der Waals surface area contributed by atoms with Crippen LogP contribution in [0.4, 0.5) is 0 Å². The SMILES string of the molecule is CC[C@H](C)[C@H]1OC(=O)[C@H](C)[C@H](O)[C@H](Cc2cccnc2)NC(=O)[C@@H](NC(=O)c2ncccc2O)[C@@H](C)OC1=O. The number of ether oxygens (including phenoxy) is 2. The third-order valence-corrected chi connectivity index (χ3v) is 6.78. The van der Waals surface area contributed by atoms with Crippen molar-refractivity contribution < 1.29 is 38.9 Å². The minimum Gasteiger partial charge on any atom is -0.505 e. The molecule has 3 rings (SSSR count). The molecule has 0 spiro atoms. The topological polar surface area (TPSA) is 177 Å². The van der Waals surface area contributed by atoms with Crippen molar-refractivity contribution in [2.24, 2.45) is 11.8 Å². The van der Waals surface area contributed by atoms with Crippen LogP contribution in [0.3, 0.4) is 0 Å². The Morgan fingerprint density at radius 1 is 1.13 bits per heavy atom. The number of hydrogen-bond donors (Lipinski definition) is 4. The molecule has 7 atom stereocenters. The maximum Gasteiger partial charge on any atom is 0.348 e. The van der Waals surface area contributed by atoms with Gasteiger partial charge in [-0.1, -0.05) is 19.9 Å². The van der Waals surface area contributed by atoms with Gasteiger partial charge < -0.3 is 30.3 Å². The fraction of sp³-hybridized carbons (Fsp3) is 0.481. The van der Waals surface area contributed by atoms with Gasteiger partial charge in [0.25, 0.3) is 5.91 Å². The Bertz CT molecular complexity index is 1180. The van der Waals surface area contributed by atoms with Gasteiger partial charge >= 0.3 is 11.9 Å². The first-order valence-corrected chi connectivity index (χ1v) is 12.8. The van der Waals surface area contributed by atoms with Crippen LogP contribution in [0.2, 0.25) is 0 Å². The fourth-order valence-electron chi connectivity index (χ4n) is 4.13. The molecule has 0 saturated carbocycles. The van der Waals surface area contributed by atoms with Crippen LogP contribution in [0, 0.1) is 11.8 Å². The van der Waals surface area contributed by atoms with Crippen molar-refractivity contribution >= 4 is 23.8 Å². The Morgan fingerprint density at radius 2 is 1.85 bits per heavy atom. The van der Waals surface area contributed by atoms with Crippen molar-refractivity contribution in [2.45, 2.75) is 70.9 Å². The van der Waals surface area contributed by atoms with Crippen LogP contribution in [0.1, 0.15) is 50.2 Å². The molecule has 4 N–H and O–H groups in total. The van der Waals surface area contributed by atoms with E-state index in [1.807, 2.05) is 6.92 Å². The largest absolute Gasteiger partial charge is 0.505 e. The second-order valence-electron chi connectivity index (χ2n) is 9.67. The van der Waals surface area contributed by atoms with Crippen molar-refractivity contribution in [2.75, 3.05) is 0 Å². The molecule has 0 radical (unpaired) electrons. The van der Waals surface area contributed by atoms with E-state index in [1.54, 1.807) is 31.5 Å². The smallest absolute Gasteiger partial charge is 0.348 e. The van der Waals surface area contributed by atoms with Gasteiger partial charge in [-0.3, -0.25) is 19.4 Å². The fourth-order valence-corrected chi connectivity index (χ4v) is 4.13. The molecular weight excluding hydrogens is 508 g/mol. The van der Waals surface area contributed by atoms with E-state index in [2.05, 4.69) is 20.6 Å². The summed E-state index contributed by atoms with van der Waals surface area (Å²) in [4.78, 5) is 60.5. The van der Waals surface area contributed by atoms with E-state index in [1.165, 1.54) is 32.2 Å². The van der Waals surface area contributed by atoms with Gasteiger partial charge in [0.2, 0.25) is 12.0 Å². The van der Waals surface area contributed by atoms with E-state index in [9.17, 15) is 29.4 Å². The van der Waals surface area contributed by atoms with Gasteiger partial charge in [-0.05, 0) is 50.5 Å². The number of cyclic esters (lactones) is 2. The van der Waals surface area contributed by atoms with Gasteiger partial charge in [0.1, 0.15) is 17.9 Å². The summed E-state index contributed by atoms with van der Waals surface area (Å²) in [5, 5.41) is 26.4. The lowest BCUT2D eigenvalue weighted by Gasteiger charge is -2.33. The van der Waals surface area contributed by atoms with Crippen molar-refractivity contribution in [3.8, 4) is 5.75 Å². The lowest BCUT2D eigenvalue weighted by Crippen LogP contribution is -2.59. The lowest BCUT2D eigenvalue weighted by atomic mass is 9.92. The van der Waals surface area contributed by atoms with Crippen LogP contribution in [-0.2, 0) is 30.3 Å². The number of nitrogens with zero attached hydrogens (tertiary/aromatic N) is 2. The lowest BCUT2D eigenvalue weighted by molar-refractivity contribution is -0.180. The Balaban J connectivity index is 2.00. The number of aliphatic hydroxyl groups is 1. The third-order valence-electron chi connectivity index (χ3n) is 6.78. The molecule has 0 aromatic carbocycles. The van der Waals surface area contributed by atoms with Crippen LogP contribution >= 0.6 is 0 Å². The molecule has 39 heavy (non-hydrogen) atoms. The van der Waals surface area contributed by atoms with Crippen LogP contribution in [-0.4, -0.2) is 74.3 Å². The number of pyridine rings is 2. The average molecular weight is 543 g/mol. The summed E-state index contributed by atoms with van der Waals surface area (Å²) in [5.41, 5.74) is 0.340. The summed E-state index contributed by atoms with van der Waals surface area (Å²) in [7, 11) is 0. The molecular formula is C27H34N4O8. The van der Waals surface area contributed by atoms with Crippen molar-refractivity contribution in [1.29, 1.82) is 0 Å². The number of aromatic hydroxyl groups is 1. The average Bonchev–Trinajstić information content (AvgIpc) is 2.92. The van der Waals surface area contributed by atoms with Crippen molar-refractivity contribution in [1.82, 2.24) is 20.6 Å². The predicted molar refractivity (Wildman–Crippen MR) is 137 cm³/mol. The van der Waals surface area contributed by atoms with Crippen LogP contribution < -0.4 is 10.6 Å². The molecule has 1 aliphatic heterocycles. The molecule has 12 heteroatoms. The molecule has 2 aromatic rings. The van der Waals surface area contributed by atoms with Crippen LogP contribution in [0.25, 0.3) is 0 Å². The van der Waals surface area contributed by atoms with E-state index in [-0.39, 0.29) is 12.1 Å². The Morgan fingerprint density at radius 3 is 2.49 bits per heavy atom. The zero-order valence-corrected chi connectivity index (χ0v) is 22.2. The standard InChI is InChI=1S/C27H34N4O8/c1-5-14(2)23-27(37)38-16(4)20(31-25(35)21-19(32)9-7-11-29-21)24(34)30-18(12-17-8-6-10-28-13-17)22(33)15(3)26(36)39-23/h6-11,13-16,18,20,22-23,32-33H,5,12H2,1-4H3,(H,30,34)(H,31,35)/t14-,15+,16+,18-,20-,22-,23+/m0/s1. The van der Waals surface area contributed by atoms with Gasteiger partial charge in [-0.25, -0.2) is 9.78 Å². The highest BCUT2D eigenvalue weighted by atomic mass is 16.6. The molecule has 0 unspecified atom stereocenters. The van der Waals surface area contributed by atoms with Gasteiger partial charge in [-0.2, -0.15) is 0 Å². The van der Waals surface area contributed by atoms with Crippen molar-refractivity contribution in [3.05, 3.63) is 54.1 Å². The minimum absolute atomic E-state index is 0.100. The number of nitrogens with one attached hydrogen (secondary N) is 2. The Kier molecular flexibility index (Phi) is 9.94. The highest BCUT2D eigenvalue weighted by molar-refractivity contribution is 5.98. The first-order chi connectivity index (χ1) is 18.5. The second-order valence-corrected chi connectivity index (χ2v) is 9.67. The molecule has 12 nitrogen and oxygen atoms in total. The summed E-state index contributed by atoms with van der Waals surface area (Å²) >= 11 is 0. The number of rotatable bonds is 6. The molecule has 2 aromatic heterocycles. The van der Waals surface area contributed by atoms with Crippen LogP contribution in [0.15, 0.2) is 42.9 Å². The summed E-state index contributed by atoms with van der Waals surface area (Å²) in [5.74, 6) is -5.35. The molecule has 2 amide bonds. The van der Waals surface area contributed by atoms with Gasteiger partial charge in [-0.15, -0.1) is 0 Å². The zero-order valence-electron chi connectivity index (χ0n) is 22.2. The first kappa shape index (κ1) is 29.5. The number of hydrogen-bond acceptors (Lipinski definition) is 10. The van der Waals surface area contributed by atoms with Gasteiger partial charge in [0.15, 0.2) is 5.69 Å². The number of aromatic nitrogens is 2. The minimum atomic E-state index is -1.45. The quantitative estimate of drug-likeness (QED) is 0.384. The molecule has 210 valence electrons.